The van der Waals surface area contributed by atoms with Crippen molar-refractivity contribution in [3.8, 4) is 0 Å². The van der Waals surface area contributed by atoms with Gasteiger partial charge in [-0.2, -0.15) is 0 Å². The molecule has 2 aromatic heterocycles. The number of anilines is 1. The van der Waals surface area contributed by atoms with Gasteiger partial charge in [-0.1, -0.05) is 38.6 Å². The average molecular weight is 288 g/mol. The minimum Gasteiger partial charge on any atom is -0.364 e. The number of rotatable bonds is 4. The van der Waals surface area contributed by atoms with Gasteiger partial charge in [0, 0.05) is 17.7 Å². The summed E-state index contributed by atoms with van der Waals surface area (Å²) in [6, 6.07) is 7.91. The third kappa shape index (κ3) is 3.93. The predicted octanol–water partition coefficient (Wildman–Crippen LogP) is 3.50. The van der Waals surface area contributed by atoms with Crippen molar-refractivity contribution in [3.63, 3.8) is 0 Å². The van der Waals surface area contributed by atoms with Crippen LogP contribution < -0.4 is 5.32 Å². The van der Waals surface area contributed by atoms with Crippen LogP contribution in [0.4, 0.5) is 5.82 Å². The smallest absolute Gasteiger partial charge is 0.189 e. The van der Waals surface area contributed by atoms with Crippen LogP contribution in [0.5, 0.6) is 0 Å². The van der Waals surface area contributed by atoms with Gasteiger partial charge in [0.15, 0.2) is 5.16 Å². The lowest BCUT2D eigenvalue weighted by atomic mass is 9.92. The van der Waals surface area contributed by atoms with E-state index in [2.05, 4.69) is 41.0 Å². The lowest BCUT2D eigenvalue weighted by Crippen LogP contribution is -2.15. The van der Waals surface area contributed by atoms with E-state index in [1.165, 1.54) is 0 Å². The van der Waals surface area contributed by atoms with Crippen molar-refractivity contribution in [1.82, 2.24) is 15.0 Å². The normalized spacial score (nSPS) is 11.4. The summed E-state index contributed by atoms with van der Waals surface area (Å²) >= 11 is 1.56. The molecule has 0 saturated heterocycles. The van der Waals surface area contributed by atoms with E-state index < -0.39 is 0 Å². The molecule has 0 aliphatic rings. The average Bonchev–Trinajstić information content (AvgIpc) is 2.45. The van der Waals surface area contributed by atoms with Crippen LogP contribution in [-0.2, 0) is 12.0 Å². The molecule has 0 bridgehead atoms. The predicted molar refractivity (Wildman–Crippen MR) is 84.1 cm³/mol. The molecular formula is C15H20N4S. The Morgan fingerprint density at radius 1 is 1.20 bits per heavy atom. The highest BCUT2D eigenvalue weighted by atomic mass is 32.2. The molecule has 0 unspecified atom stereocenters. The number of hydrogen-bond acceptors (Lipinski definition) is 5. The van der Waals surface area contributed by atoms with Gasteiger partial charge in [-0.15, -0.1) is 0 Å². The van der Waals surface area contributed by atoms with Gasteiger partial charge in [-0.05, 0) is 18.4 Å². The summed E-state index contributed by atoms with van der Waals surface area (Å²) < 4.78 is 0. The Morgan fingerprint density at radius 2 is 2.00 bits per heavy atom. The van der Waals surface area contributed by atoms with Crippen LogP contribution >= 0.6 is 11.8 Å². The Bertz CT molecular complexity index is 564. The molecule has 2 heterocycles. The highest BCUT2D eigenvalue weighted by molar-refractivity contribution is 7.98. The maximum atomic E-state index is 4.57. The van der Waals surface area contributed by atoms with Crippen molar-refractivity contribution in [2.75, 3.05) is 11.6 Å². The quantitative estimate of drug-likeness (QED) is 0.689. The number of aromatic nitrogens is 3. The number of thioether (sulfide) groups is 1. The molecule has 1 N–H and O–H groups in total. The van der Waals surface area contributed by atoms with E-state index in [4.69, 9.17) is 0 Å². The fourth-order valence-corrected chi connectivity index (χ4v) is 2.05. The van der Waals surface area contributed by atoms with E-state index in [0.29, 0.717) is 6.54 Å². The minimum atomic E-state index is 0.00878. The zero-order chi connectivity index (χ0) is 14.6. The molecule has 2 aromatic rings. The lowest BCUT2D eigenvalue weighted by molar-refractivity contribution is 0.559. The molecule has 0 aliphatic carbocycles. The highest BCUT2D eigenvalue weighted by Crippen LogP contribution is 2.24. The zero-order valence-electron chi connectivity index (χ0n) is 12.3. The van der Waals surface area contributed by atoms with Gasteiger partial charge in [0.25, 0.3) is 0 Å². The van der Waals surface area contributed by atoms with Crippen LogP contribution in [0, 0.1) is 0 Å². The number of nitrogens with one attached hydrogen (secondary N) is 1. The van der Waals surface area contributed by atoms with Crippen molar-refractivity contribution >= 4 is 17.6 Å². The monoisotopic (exact) mass is 288 g/mol. The van der Waals surface area contributed by atoms with Crippen LogP contribution in [-0.4, -0.2) is 21.2 Å². The van der Waals surface area contributed by atoms with E-state index in [9.17, 15) is 0 Å². The standard InChI is InChI=1S/C15H20N4S/c1-15(2,3)12-9-13(19-14(18-12)20-4)17-10-11-7-5-6-8-16-11/h5-9H,10H2,1-4H3,(H,17,18,19). The van der Waals surface area contributed by atoms with E-state index >= 15 is 0 Å². The second-order valence-electron chi connectivity index (χ2n) is 5.55. The van der Waals surface area contributed by atoms with Crippen LogP contribution in [0.2, 0.25) is 0 Å². The van der Waals surface area contributed by atoms with Gasteiger partial charge in [0.05, 0.1) is 17.9 Å². The second kappa shape index (κ2) is 6.22. The van der Waals surface area contributed by atoms with Gasteiger partial charge in [-0.3, -0.25) is 4.98 Å². The first-order chi connectivity index (χ1) is 9.49. The topological polar surface area (TPSA) is 50.7 Å². The third-order valence-corrected chi connectivity index (χ3v) is 3.38. The molecule has 0 saturated carbocycles. The molecule has 0 spiro atoms. The summed E-state index contributed by atoms with van der Waals surface area (Å²) in [5, 5.41) is 4.11. The van der Waals surface area contributed by atoms with Crippen molar-refractivity contribution in [1.29, 1.82) is 0 Å². The maximum Gasteiger partial charge on any atom is 0.189 e. The summed E-state index contributed by atoms with van der Waals surface area (Å²) in [5.74, 6) is 0.847. The summed E-state index contributed by atoms with van der Waals surface area (Å²) in [6.07, 6.45) is 3.79. The Labute approximate surface area is 124 Å². The van der Waals surface area contributed by atoms with Gasteiger partial charge in [0.2, 0.25) is 0 Å². The Balaban J connectivity index is 2.19. The van der Waals surface area contributed by atoms with Crippen LogP contribution in [0.15, 0.2) is 35.6 Å². The molecule has 4 nitrogen and oxygen atoms in total. The zero-order valence-corrected chi connectivity index (χ0v) is 13.2. The van der Waals surface area contributed by atoms with E-state index in [-0.39, 0.29) is 5.41 Å². The van der Waals surface area contributed by atoms with Crippen molar-refractivity contribution in [2.45, 2.75) is 37.9 Å². The van der Waals surface area contributed by atoms with Crippen LogP contribution in [0.1, 0.15) is 32.2 Å². The molecule has 106 valence electrons. The molecule has 2 rings (SSSR count). The molecular weight excluding hydrogens is 268 g/mol. The largest absolute Gasteiger partial charge is 0.364 e. The molecule has 0 radical (unpaired) electrons. The fraction of sp³-hybridized carbons (Fsp3) is 0.400. The Kier molecular flexibility index (Phi) is 4.60. The van der Waals surface area contributed by atoms with Gasteiger partial charge < -0.3 is 5.32 Å². The molecule has 5 heteroatoms. The van der Waals surface area contributed by atoms with Crippen molar-refractivity contribution in [3.05, 3.63) is 41.9 Å². The van der Waals surface area contributed by atoms with Crippen LogP contribution in [0.3, 0.4) is 0 Å². The molecule has 0 fully saturated rings. The van der Waals surface area contributed by atoms with Gasteiger partial charge in [-0.25, -0.2) is 9.97 Å². The molecule has 20 heavy (non-hydrogen) atoms. The number of nitrogens with zero attached hydrogens (tertiary/aromatic N) is 3. The fourth-order valence-electron chi connectivity index (χ4n) is 1.68. The van der Waals surface area contributed by atoms with E-state index in [1.54, 1.807) is 18.0 Å². The number of hydrogen-bond donors (Lipinski definition) is 1. The van der Waals surface area contributed by atoms with Crippen LogP contribution in [0.25, 0.3) is 0 Å². The van der Waals surface area contributed by atoms with Gasteiger partial charge in [0.1, 0.15) is 5.82 Å². The van der Waals surface area contributed by atoms with E-state index in [0.717, 1.165) is 22.4 Å². The minimum absolute atomic E-state index is 0.00878. The molecule has 0 amide bonds. The van der Waals surface area contributed by atoms with Crippen molar-refractivity contribution < 1.29 is 0 Å². The first-order valence-electron chi connectivity index (χ1n) is 6.56. The summed E-state index contributed by atoms with van der Waals surface area (Å²) in [6.45, 7) is 7.13. The third-order valence-electron chi connectivity index (χ3n) is 2.83. The summed E-state index contributed by atoms with van der Waals surface area (Å²) in [5.41, 5.74) is 2.05. The molecule has 0 atom stereocenters. The summed E-state index contributed by atoms with van der Waals surface area (Å²) in [7, 11) is 0. The first-order valence-corrected chi connectivity index (χ1v) is 7.79. The first kappa shape index (κ1) is 14.8. The lowest BCUT2D eigenvalue weighted by Gasteiger charge is -2.19. The van der Waals surface area contributed by atoms with Crippen molar-refractivity contribution in [2.24, 2.45) is 0 Å². The maximum absolute atomic E-state index is 4.57. The van der Waals surface area contributed by atoms with E-state index in [1.807, 2.05) is 30.5 Å². The Morgan fingerprint density at radius 3 is 2.60 bits per heavy atom. The SMILES string of the molecule is CSc1nc(NCc2ccccn2)cc(C(C)(C)C)n1. The van der Waals surface area contributed by atoms with Gasteiger partial charge >= 0.3 is 0 Å². The number of pyridine rings is 1. The Hall–Kier alpha value is -1.62. The molecule has 0 aliphatic heterocycles. The highest BCUT2D eigenvalue weighted by Gasteiger charge is 2.17. The summed E-state index contributed by atoms with van der Waals surface area (Å²) in [4.78, 5) is 13.4. The second-order valence-corrected chi connectivity index (χ2v) is 6.32. The molecule has 0 aromatic carbocycles.